The van der Waals surface area contributed by atoms with Gasteiger partial charge in [-0.2, -0.15) is 0 Å². The summed E-state index contributed by atoms with van der Waals surface area (Å²) >= 11 is 2.40. The number of hydrogen-bond acceptors (Lipinski definition) is 1. The second-order valence-electron chi connectivity index (χ2n) is 6.98. The summed E-state index contributed by atoms with van der Waals surface area (Å²) in [6.07, 6.45) is 1.06. The van der Waals surface area contributed by atoms with E-state index in [0.29, 0.717) is 5.75 Å². The van der Waals surface area contributed by atoms with Crippen molar-refractivity contribution in [1.82, 2.24) is 0 Å². The van der Waals surface area contributed by atoms with Gasteiger partial charge in [0.1, 0.15) is 5.75 Å². The van der Waals surface area contributed by atoms with Crippen LogP contribution in [0.2, 0.25) is 0 Å². The molecule has 0 unspecified atom stereocenters. The third-order valence-electron chi connectivity index (χ3n) is 3.17. The van der Waals surface area contributed by atoms with Gasteiger partial charge in [0.25, 0.3) is 0 Å². The Kier molecular flexibility index (Phi) is 4.74. The minimum absolute atomic E-state index is 0.0225. The number of alkyl halides is 1. The highest BCUT2D eigenvalue weighted by Gasteiger charge is 2.26. The fourth-order valence-electron chi connectivity index (χ4n) is 2.09. The number of hydrogen-bond donors (Lipinski definition) is 1. The fraction of sp³-hybridized carbons (Fsp3) is 0.625. The molecule has 1 nitrogen and oxygen atoms in total. The maximum Gasteiger partial charge on any atom is 0.123 e. The quantitative estimate of drug-likeness (QED) is 0.584. The Hall–Kier alpha value is -0.250. The van der Waals surface area contributed by atoms with Crippen LogP contribution in [-0.4, -0.2) is 9.53 Å². The van der Waals surface area contributed by atoms with Gasteiger partial charge in [-0.05, 0) is 33.9 Å². The highest BCUT2D eigenvalue weighted by molar-refractivity contribution is 14.1. The lowest BCUT2D eigenvalue weighted by Gasteiger charge is -2.28. The van der Waals surface area contributed by atoms with Crippen LogP contribution in [-0.2, 0) is 17.3 Å². The van der Waals surface area contributed by atoms with E-state index in [-0.39, 0.29) is 10.8 Å². The van der Waals surface area contributed by atoms with Gasteiger partial charge in [-0.15, -0.1) is 0 Å². The van der Waals surface area contributed by atoms with Crippen molar-refractivity contribution in [3.05, 3.63) is 28.8 Å². The molecule has 0 spiro atoms. The Morgan fingerprint density at radius 1 is 0.944 bits per heavy atom. The van der Waals surface area contributed by atoms with E-state index in [0.717, 1.165) is 22.0 Å². The summed E-state index contributed by atoms with van der Waals surface area (Å²) in [7, 11) is 0. The van der Waals surface area contributed by atoms with Crippen molar-refractivity contribution in [2.75, 3.05) is 4.43 Å². The fourth-order valence-corrected chi connectivity index (χ4v) is 2.71. The Morgan fingerprint density at radius 2 is 1.33 bits per heavy atom. The molecule has 102 valence electrons. The topological polar surface area (TPSA) is 20.2 Å². The molecule has 0 aromatic heterocycles. The molecule has 0 saturated heterocycles. The molecule has 2 heteroatoms. The molecule has 1 aromatic rings. The normalized spacial score (nSPS) is 12.8. The first-order valence-corrected chi connectivity index (χ1v) is 8.02. The molecule has 0 heterocycles. The molecule has 0 saturated carbocycles. The van der Waals surface area contributed by atoms with Crippen molar-refractivity contribution in [2.45, 2.75) is 58.8 Å². The van der Waals surface area contributed by atoms with Gasteiger partial charge in [0.15, 0.2) is 0 Å². The lowest BCUT2D eigenvalue weighted by Crippen LogP contribution is -2.18. The maximum atomic E-state index is 10.6. The molecule has 0 bridgehead atoms. The van der Waals surface area contributed by atoms with E-state index in [4.69, 9.17) is 0 Å². The number of aromatic hydroxyl groups is 1. The van der Waals surface area contributed by atoms with E-state index in [1.807, 2.05) is 0 Å². The second kappa shape index (κ2) is 5.40. The van der Waals surface area contributed by atoms with Gasteiger partial charge < -0.3 is 5.11 Å². The Labute approximate surface area is 125 Å². The molecule has 1 aromatic carbocycles. The third-order valence-corrected chi connectivity index (χ3v) is 3.71. The summed E-state index contributed by atoms with van der Waals surface area (Å²) in [6.45, 7) is 12.9. The zero-order valence-corrected chi connectivity index (χ0v) is 14.6. The van der Waals surface area contributed by atoms with E-state index >= 15 is 0 Å². The van der Waals surface area contributed by atoms with E-state index < -0.39 is 0 Å². The standard InChI is InChI=1S/C16H25IO/c1-15(2,3)12-9-11(7-8-17)10-13(14(12)18)16(4,5)6/h9-10,18H,7-8H2,1-6H3. The summed E-state index contributed by atoms with van der Waals surface area (Å²) in [5.74, 6) is 0.479. The van der Waals surface area contributed by atoms with Gasteiger partial charge >= 0.3 is 0 Å². The molecule has 0 radical (unpaired) electrons. The minimum atomic E-state index is -0.0225. The van der Waals surface area contributed by atoms with Crippen molar-refractivity contribution in [1.29, 1.82) is 0 Å². The number of halogens is 1. The van der Waals surface area contributed by atoms with Crippen LogP contribution in [0.15, 0.2) is 12.1 Å². The van der Waals surface area contributed by atoms with Gasteiger partial charge in [-0.3, -0.25) is 0 Å². The van der Waals surface area contributed by atoms with Crippen LogP contribution >= 0.6 is 22.6 Å². The molecule has 1 N–H and O–H groups in total. The number of aryl methyl sites for hydroxylation is 1. The van der Waals surface area contributed by atoms with E-state index in [2.05, 4.69) is 76.3 Å². The largest absolute Gasteiger partial charge is 0.507 e. The molecule has 0 aliphatic carbocycles. The van der Waals surface area contributed by atoms with Gasteiger partial charge in [0, 0.05) is 4.43 Å². The van der Waals surface area contributed by atoms with Crippen molar-refractivity contribution < 1.29 is 5.11 Å². The van der Waals surface area contributed by atoms with Crippen molar-refractivity contribution >= 4 is 22.6 Å². The molecule has 18 heavy (non-hydrogen) atoms. The first-order valence-electron chi connectivity index (χ1n) is 6.50. The number of phenolic OH excluding ortho intramolecular Hbond substituents is 1. The zero-order valence-electron chi connectivity index (χ0n) is 12.4. The number of phenols is 1. The summed E-state index contributed by atoms with van der Waals surface area (Å²) in [6, 6.07) is 4.34. The SMILES string of the molecule is CC(C)(C)c1cc(CCI)cc(C(C)(C)C)c1O. The Bertz CT molecular complexity index is 387. The summed E-state index contributed by atoms with van der Waals surface area (Å²) in [5.41, 5.74) is 3.41. The highest BCUT2D eigenvalue weighted by Crippen LogP contribution is 2.39. The maximum absolute atomic E-state index is 10.6. The lowest BCUT2D eigenvalue weighted by atomic mass is 9.78. The summed E-state index contributed by atoms with van der Waals surface area (Å²) in [4.78, 5) is 0. The van der Waals surface area contributed by atoms with Crippen LogP contribution < -0.4 is 0 Å². The smallest absolute Gasteiger partial charge is 0.123 e. The van der Waals surface area contributed by atoms with Crippen molar-refractivity contribution in [3.8, 4) is 5.75 Å². The van der Waals surface area contributed by atoms with Crippen LogP contribution in [0.4, 0.5) is 0 Å². The molecule has 0 aliphatic rings. The van der Waals surface area contributed by atoms with E-state index in [1.54, 1.807) is 0 Å². The summed E-state index contributed by atoms with van der Waals surface area (Å²) in [5, 5.41) is 10.6. The summed E-state index contributed by atoms with van der Waals surface area (Å²) < 4.78 is 1.11. The average molecular weight is 360 g/mol. The second-order valence-corrected chi connectivity index (χ2v) is 8.06. The minimum Gasteiger partial charge on any atom is -0.507 e. The van der Waals surface area contributed by atoms with E-state index in [9.17, 15) is 5.11 Å². The third kappa shape index (κ3) is 3.62. The van der Waals surface area contributed by atoms with Gasteiger partial charge in [0.2, 0.25) is 0 Å². The predicted molar refractivity (Wildman–Crippen MR) is 88.1 cm³/mol. The molecule has 1 rings (SSSR count). The number of rotatable bonds is 2. The van der Waals surface area contributed by atoms with Crippen LogP contribution in [0.3, 0.4) is 0 Å². The van der Waals surface area contributed by atoms with Crippen molar-refractivity contribution in [2.24, 2.45) is 0 Å². The monoisotopic (exact) mass is 360 g/mol. The van der Waals surface area contributed by atoms with Crippen LogP contribution in [0, 0.1) is 0 Å². The Morgan fingerprint density at radius 3 is 1.61 bits per heavy atom. The van der Waals surface area contributed by atoms with Crippen LogP contribution in [0.1, 0.15) is 58.2 Å². The molecular weight excluding hydrogens is 335 g/mol. The molecule has 0 atom stereocenters. The van der Waals surface area contributed by atoms with Crippen molar-refractivity contribution in [3.63, 3.8) is 0 Å². The Balaban J connectivity index is 3.48. The van der Waals surface area contributed by atoms with Gasteiger partial charge in [-0.1, -0.05) is 76.3 Å². The lowest BCUT2D eigenvalue weighted by molar-refractivity contribution is 0.423. The average Bonchev–Trinajstić information content (AvgIpc) is 2.17. The highest BCUT2D eigenvalue weighted by atomic mass is 127. The molecular formula is C16H25IO. The number of benzene rings is 1. The van der Waals surface area contributed by atoms with Gasteiger partial charge in [0.05, 0.1) is 0 Å². The van der Waals surface area contributed by atoms with E-state index in [1.165, 1.54) is 5.56 Å². The first-order chi connectivity index (χ1) is 8.07. The first kappa shape index (κ1) is 15.8. The molecule has 0 fully saturated rings. The molecule has 0 amide bonds. The van der Waals surface area contributed by atoms with Gasteiger partial charge in [-0.25, -0.2) is 0 Å². The van der Waals surface area contributed by atoms with Crippen LogP contribution in [0.5, 0.6) is 5.75 Å². The predicted octanol–water partition coefficient (Wildman–Crippen LogP) is 4.96. The molecule has 0 aliphatic heterocycles. The zero-order chi connectivity index (χ0) is 14.1. The van der Waals surface area contributed by atoms with Crippen LogP contribution in [0.25, 0.3) is 0 Å².